The van der Waals surface area contributed by atoms with Crippen molar-refractivity contribution in [1.29, 1.82) is 0 Å². The van der Waals surface area contributed by atoms with E-state index in [1.807, 2.05) is 72.8 Å². The fourth-order valence-corrected chi connectivity index (χ4v) is 3.53. The summed E-state index contributed by atoms with van der Waals surface area (Å²) < 4.78 is 19.0. The van der Waals surface area contributed by atoms with Gasteiger partial charge in [0.25, 0.3) is 0 Å². The van der Waals surface area contributed by atoms with Crippen molar-refractivity contribution in [1.82, 2.24) is 0 Å². The lowest BCUT2D eigenvalue weighted by Gasteiger charge is -2.15. The van der Waals surface area contributed by atoms with E-state index in [-0.39, 0.29) is 5.82 Å². The number of hydrogen-bond acceptors (Lipinski definition) is 3. The normalized spacial score (nSPS) is 11.7. The maximum Gasteiger partial charge on any atom is 0.123 e. The number of anilines is 2. The van der Waals surface area contributed by atoms with Gasteiger partial charge in [-0.1, -0.05) is 60.7 Å². The molecule has 0 aromatic heterocycles. The minimum absolute atomic E-state index is 0.299. The second-order valence-electron chi connectivity index (χ2n) is 7.69. The molecule has 1 atom stereocenters. The summed E-state index contributed by atoms with van der Waals surface area (Å²) in [5.41, 5.74) is 4.92. The number of nitrogens with one attached hydrogen (secondary N) is 1. The summed E-state index contributed by atoms with van der Waals surface area (Å²) in [7, 11) is 0. The van der Waals surface area contributed by atoms with Gasteiger partial charge in [-0.15, -0.1) is 0 Å². The van der Waals surface area contributed by atoms with E-state index >= 15 is 0 Å². The van der Waals surface area contributed by atoms with Crippen molar-refractivity contribution in [3.8, 4) is 5.75 Å². The zero-order valence-electron chi connectivity index (χ0n) is 17.7. The Morgan fingerprint density at radius 3 is 2.22 bits per heavy atom. The largest absolute Gasteiger partial charge is 0.489 e. The topological polar surface area (TPSA) is 41.5 Å². The fourth-order valence-electron chi connectivity index (χ4n) is 3.53. The van der Waals surface area contributed by atoms with Crippen LogP contribution in [0.25, 0.3) is 0 Å². The molecule has 0 aliphatic heterocycles. The van der Waals surface area contributed by atoms with Gasteiger partial charge in [0.05, 0.1) is 6.10 Å². The van der Waals surface area contributed by atoms with Crippen molar-refractivity contribution < 1.29 is 14.2 Å². The number of benzene rings is 4. The van der Waals surface area contributed by atoms with Crippen LogP contribution in [0.1, 0.15) is 29.2 Å². The van der Waals surface area contributed by atoms with Crippen LogP contribution in [-0.4, -0.2) is 5.11 Å². The number of ether oxygens (including phenoxy) is 1. The lowest BCUT2D eigenvalue weighted by molar-refractivity contribution is 0.168. The minimum Gasteiger partial charge on any atom is -0.489 e. The SMILES string of the molecule is OC(CCc1ccccc1Nc1ccc(OCc2ccccc2)cc1)c1ccc(F)cc1. The second kappa shape index (κ2) is 10.6. The van der Waals surface area contributed by atoms with Gasteiger partial charge in [0.15, 0.2) is 0 Å². The number of hydrogen-bond donors (Lipinski definition) is 2. The molecule has 0 radical (unpaired) electrons. The molecule has 3 nitrogen and oxygen atoms in total. The smallest absolute Gasteiger partial charge is 0.123 e. The third-order valence-electron chi connectivity index (χ3n) is 5.34. The molecule has 4 aromatic rings. The second-order valence-corrected chi connectivity index (χ2v) is 7.69. The van der Waals surface area contributed by atoms with Crippen LogP contribution < -0.4 is 10.1 Å². The Bertz CT molecular complexity index is 1110. The highest BCUT2D eigenvalue weighted by Crippen LogP contribution is 2.26. The lowest BCUT2D eigenvalue weighted by atomic mass is 10.00. The van der Waals surface area contributed by atoms with Gasteiger partial charge in [-0.05, 0) is 72.0 Å². The predicted octanol–water partition coefficient (Wildman–Crippen LogP) is 6.81. The Morgan fingerprint density at radius 2 is 1.47 bits per heavy atom. The van der Waals surface area contributed by atoms with Crippen molar-refractivity contribution >= 4 is 11.4 Å². The quantitative estimate of drug-likeness (QED) is 0.308. The van der Waals surface area contributed by atoms with Crippen LogP contribution in [0.15, 0.2) is 103 Å². The van der Waals surface area contributed by atoms with Crippen LogP contribution in [0.5, 0.6) is 5.75 Å². The summed E-state index contributed by atoms with van der Waals surface area (Å²) in [6.45, 7) is 0.535. The van der Waals surface area contributed by atoms with Crippen LogP contribution >= 0.6 is 0 Å². The molecule has 4 heteroatoms. The first kappa shape index (κ1) is 21.6. The van der Waals surface area contributed by atoms with Gasteiger partial charge in [0.1, 0.15) is 18.2 Å². The Balaban J connectivity index is 1.35. The Hall–Kier alpha value is -3.63. The fraction of sp³-hybridized carbons (Fsp3) is 0.143. The summed E-state index contributed by atoms with van der Waals surface area (Å²) in [6.07, 6.45) is 0.612. The molecule has 0 aliphatic carbocycles. The predicted molar refractivity (Wildman–Crippen MR) is 127 cm³/mol. The van der Waals surface area contributed by atoms with Crippen molar-refractivity contribution in [2.75, 3.05) is 5.32 Å². The molecule has 32 heavy (non-hydrogen) atoms. The number of para-hydroxylation sites is 1. The highest BCUT2D eigenvalue weighted by molar-refractivity contribution is 5.63. The van der Waals surface area contributed by atoms with Crippen molar-refractivity contribution in [3.63, 3.8) is 0 Å². The maximum atomic E-state index is 13.1. The molecular formula is C28H26FNO2. The van der Waals surface area contributed by atoms with Gasteiger partial charge >= 0.3 is 0 Å². The number of aliphatic hydroxyl groups is 1. The molecule has 162 valence electrons. The third-order valence-corrected chi connectivity index (χ3v) is 5.34. The lowest BCUT2D eigenvalue weighted by Crippen LogP contribution is -2.02. The average molecular weight is 428 g/mol. The standard InChI is InChI=1S/C28H26FNO2/c29-24-13-10-23(11-14-24)28(31)19-12-22-8-4-5-9-27(22)30-25-15-17-26(18-16-25)32-20-21-6-2-1-3-7-21/h1-11,13-18,28,30-31H,12,19-20H2. The van der Waals surface area contributed by atoms with Crippen LogP contribution in [-0.2, 0) is 13.0 Å². The minimum atomic E-state index is -0.635. The molecule has 0 saturated heterocycles. The van der Waals surface area contributed by atoms with Crippen LogP contribution in [0.3, 0.4) is 0 Å². The molecule has 4 aromatic carbocycles. The molecule has 4 rings (SSSR count). The van der Waals surface area contributed by atoms with E-state index in [1.165, 1.54) is 12.1 Å². The molecule has 0 saturated carbocycles. The molecule has 0 heterocycles. The molecule has 1 unspecified atom stereocenters. The summed E-state index contributed by atoms with van der Waals surface area (Å²) in [4.78, 5) is 0. The van der Waals surface area contributed by atoms with E-state index in [1.54, 1.807) is 12.1 Å². The molecular weight excluding hydrogens is 401 g/mol. The van der Waals surface area contributed by atoms with Gasteiger partial charge in [-0.3, -0.25) is 0 Å². The monoisotopic (exact) mass is 427 g/mol. The number of rotatable bonds is 9. The first-order chi connectivity index (χ1) is 15.7. The van der Waals surface area contributed by atoms with E-state index in [2.05, 4.69) is 11.4 Å². The van der Waals surface area contributed by atoms with Crippen molar-refractivity contribution in [2.45, 2.75) is 25.6 Å². The van der Waals surface area contributed by atoms with Crippen molar-refractivity contribution in [3.05, 3.63) is 126 Å². The Kier molecular flexibility index (Phi) is 7.15. The average Bonchev–Trinajstić information content (AvgIpc) is 2.84. The number of halogens is 1. The van der Waals surface area contributed by atoms with Crippen molar-refractivity contribution in [2.24, 2.45) is 0 Å². The molecule has 0 amide bonds. The van der Waals surface area contributed by atoms with E-state index in [0.717, 1.165) is 33.8 Å². The highest BCUT2D eigenvalue weighted by atomic mass is 19.1. The Labute approximate surface area is 188 Å². The van der Waals surface area contributed by atoms with E-state index in [4.69, 9.17) is 4.74 Å². The summed E-state index contributed by atoms with van der Waals surface area (Å²) in [6, 6.07) is 32.0. The van der Waals surface area contributed by atoms with Crippen LogP contribution in [0.2, 0.25) is 0 Å². The summed E-state index contributed by atoms with van der Waals surface area (Å²) in [5, 5.41) is 13.9. The molecule has 2 N–H and O–H groups in total. The number of aryl methyl sites for hydroxylation is 1. The van der Waals surface area contributed by atoms with E-state index in [9.17, 15) is 9.50 Å². The third kappa shape index (κ3) is 5.96. The van der Waals surface area contributed by atoms with E-state index in [0.29, 0.717) is 19.4 Å². The van der Waals surface area contributed by atoms with E-state index < -0.39 is 6.10 Å². The maximum absolute atomic E-state index is 13.1. The van der Waals surface area contributed by atoms with Gasteiger partial charge in [-0.25, -0.2) is 4.39 Å². The zero-order valence-corrected chi connectivity index (χ0v) is 17.7. The summed E-state index contributed by atoms with van der Waals surface area (Å²) >= 11 is 0. The Morgan fingerprint density at radius 1 is 0.781 bits per heavy atom. The van der Waals surface area contributed by atoms with Crippen LogP contribution in [0, 0.1) is 5.82 Å². The number of aliphatic hydroxyl groups excluding tert-OH is 1. The van der Waals surface area contributed by atoms with Gasteiger partial charge < -0.3 is 15.2 Å². The molecule has 0 spiro atoms. The van der Waals surface area contributed by atoms with Gasteiger partial charge in [0, 0.05) is 11.4 Å². The summed E-state index contributed by atoms with van der Waals surface area (Å²) in [5.74, 6) is 0.516. The first-order valence-corrected chi connectivity index (χ1v) is 10.7. The zero-order chi connectivity index (χ0) is 22.2. The molecule has 0 fully saturated rings. The first-order valence-electron chi connectivity index (χ1n) is 10.7. The molecule has 0 bridgehead atoms. The van der Waals surface area contributed by atoms with Gasteiger partial charge in [0.2, 0.25) is 0 Å². The molecule has 0 aliphatic rings. The van der Waals surface area contributed by atoms with Crippen LogP contribution in [0.4, 0.5) is 15.8 Å². The highest BCUT2D eigenvalue weighted by Gasteiger charge is 2.10. The van der Waals surface area contributed by atoms with Gasteiger partial charge in [-0.2, -0.15) is 0 Å².